The van der Waals surface area contributed by atoms with Gasteiger partial charge in [-0.15, -0.1) is 0 Å². The van der Waals surface area contributed by atoms with Crippen LogP contribution in [0, 0.1) is 12.7 Å². The van der Waals surface area contributed by atoms with Gasteiger partial charge in [0.05, 0.1) is 5.69 Å². The van der Waals surface area contributed by atoms with Crippen molar-refractivity contribution in [1.82, 2.24) is 15.0 Å². The molecule has 0 atom stereocenters. The van der Waals surface area contributed by atoms with Crippen molar-refractivity contribution in [3.05, 3.63) is 76.1 Å². The van der Waals surface area contributed by atoms with E-state index in [9.17, 15) is 4.39 Å². The van der Waals surface area contributed by atoms with Gasteiger partial charge in [0.15, 0.2) is 0 Å². The van der Waals surface area contributed by atoms with E-state index >= 15 is 0 Å². The minimum atomic E-state index is -0.343. The number of halogens is 2. The Hall–Kier alpha value is -2.73. The molecule has 1 N–H and O–H groups in total. The number of benzene rings is 1. The Morgan fingerprint density at radius 2 is 2.07 bits per heavy atom. The summed E-state index contributed by atoms with van der Waals surface area (Å²) in [5, 5.41) is 3.72. The predicted molar refractivity (Wildman–Crippen MR) is 104 cm³/mol. The molecule has 1 aliphatic heterocycles. The Balaban J connectivity index is 1.55. The summed E-state index contributed by atoms with van der Waals surface area (Å²) in [7, 11) is 0. The van der Waals surface area contributed by atoms with E-state index in [-0.39, 0.29) is 5.82 Å². The molecule has 1 aliphatic rings. The van der Waals surface area contributed by atoms with Gasteiger partial charge in [0.25, 0.3) is 0 Å². The summed E-state index contributed by atoms with van der Waals surface area (Å²) in [5.41, 5.74) is 4.06. The Morgan fingerprint density at radius 3 is 2.85 bits per heavy atom. The largest absolute Gasteiger partial charge is 0.366 e. The third kappa shape index (κ3) is 3.85. The summed E-state index contributed by atoms with van der Waals surface area (Å²) in [6.07, 6.45) is 4.29. The summed E-state index contributed by atoms with van der Waals surface area (Å²) >= 11 is 6.13. The second-order valence-corrected chi connectivity index (χ2v) is 7.01. The molecule has 3 heterocycles. The van der Waals surface area contributed by atoms with Gasteiger partial charge in [-0.2, -0.15) is 0 Å². The molecular weight excluding hydrogens is 365 g/mol. The van der Waals surface area contributed by atoms with Crippen molar-refractivity contribution >= 4 is 23.2 Å². The fraction of sp³-hybridized carbons (Fsp3) is 0.250. The first-order chi connectivity index (χ1) is 13.1. The van der Waals surface area contributed by atoms with Crippen LogP contribution in [0.5, 0.6) is 0 Å². The van der Waals surface area contributed by atoms with Crippen LogP contribution in [0.3, 0.4) is 0 Å². The van der Waals surface area contributed by atoms with Crippen LogP contribution in [0.25, 0.3) is 0 Å². The van der Waals surface area contributed by atoms with Crippen molar-refractivity contribution in [2.45, 2.75) is 26.4 Å². The van der Waals surface area contributed by atoms with Crippen LogP contribution in [-0.2, 0) is 19.5 Å². The highest BCUT2D eigenvalue weighted by Crippen LogP contribution is 2.27. The highest BCUT2D eigenvalue weighted by atomic mass is 35.5. The van der Waals surface area contributed by atoms with E-state index < -0.39 is 0 Å². The number of hydrogen-bond acceptors (Lipinski definition) is 5. The molecule has 0 saturated heterocycles. The standard InChI is InChI=1S/C20H19ClFN5/c1-13-2-5-19(23-9-13)27-7-6-18-16(11-27)20(26-12-25-18)24-10-14-3-4-15(22)8-17(14)21/h2-5,8-9,12H,6-7,10-11H2,1H3,(H,24,25,26). The van der Waals surface area contributed by atoms with Gasteiger partial charge in [-0.25, -0.2) is 19.3 Å². The summed E-state index contributed by atoms with van der Waals surface area (Å²) in [4.78, 5) is 15.6. The average molecular weight is 384 g/mol. The highest BCUT2D eigenvalue weighted by molar-refractivity contribution is 6.31. The molecule has 138 valence electrons. The summed E-state index contributed by atoms with van der Waals surface area (Å²) in [5.74, 6) is 1.38. The van der Waals surface area contributed by atoms with E-state index in [4.69, 9.17) is 11.6 Å². The molecule has 0 saturated carbocycles. The molecule has 5 nitrogen and oxygen atoms in total. The maximum Gasteiger partial charge on any atom is 0.134 e. The van der Waals surface area contributed by atoms with E-state index in [2.05, 4.69) is 31.2 Å². The van der Waals surface area contributed by atoms with E-state index in [0.717, 1.165) is 47.0 Å². The van der Waals surface area contributed by atoms with Gasteiger partial charge in [0, 0.05) is 42.8 Å². The lowest BCUT2D eigenvalue weighted by molar-refractivity contribution is 0.627. The van der Waals surface area contributed by atoms with Crippen molar-refractivity contribution in [1.29, 1.82) is 0 Å². The van der Waals surface area contributed by atoms with Gasteiger partial charge in [0.1, 0.15) is 23.8 Å². The van der Waals surface area contributed by atoms with Gasteiger partial charge >= 0.3 is 0 Å². The summed E-state index contributed by atoms with van der Waals surface area (Å²) in [6.45, 7) is 4.04. The first-order valence-electron chi connectivity index (χ1n) is 8.78. The van der Waals surface area contributed by atoms with Crippen LogP contribution in [0.4, 0.5) is 16.0 Å². The van der Waals surface area contributed by atoms with Gasteiger partial charge < -0.3 is 10.2 Å². The molecule has 27 heavy (non-hydrogen) atoms. The molecule has 0 radical (unpaired) electrons. The molecule has 2 aromatic heterocycles. The van der Waals surface area contributed by atoms with Crippen molar-refractivity contribution in [3.63, 3.8) is 0 Å². The van der Waals surface area contributed by atoms with Gasteiger partial charge in [-0.1, -0.05) is 23.7 Å². The fourth-order valence-electron chi connectivity index (χ4n) is 3.18. The molecule has 0 fully saturated rings. The number of rotatable bonds is 4. The number of fused-ring (bicyclic) bond motifs is 1. The van der Waals surface area contributed by atoms with Crippen molar-refractivity contribution in [3.8, 4) is 0 Å². The Bertz CT molecular complexity index is 961. The quantitative estimate of drug-likeness (QED) is 0.733. The zero-order valence-corrected chi connectivity index (χ0v) is 15.7. The zero-order chi connectivity index (χ0) is 18.8. The predicted octanol–water partition coefficient (Wildman–Crippen LogP) is 4.15. The number of aromatic nitrogens is 3. The maximum atomic E-state index is 13.2. The van der Waals surface area contributed by atoms with E-state index in [1.165, 1.54) is 12.1 Å². The van der Waals surface area contributed by atoms with Crippen LogP contribution >= 0.6 is 11.6 Å². The summed E-state index contributed by atoms with van der Waals surface area (Å²) in [6, 6.07) is 8.51. The monoisotopic (exact) mass is 383 g/mol. The topological polar surface area (TPSA) is 53.9 Å². The van der Waals surface area contributed by atoms with E-state index in [0.29, 0.717) is 18.1 Å². The lowest BCUT2D eigenvalue weighted by Gasteiger charge is -2.30. The number of anilines is 2. The number of aryl methyl sites for hydroxylation is 1. The molecule has 0 aliphatic carbocycles. The number of hydrogen-bond donors (Lipinski definition) is 1. The van der Waals surface area contributed by atoms with Crippen LogP contribution < -0.4 is 10.2 Å². The SMILES string of the molecule is Cc1ccc(N2CCc3ncnc(NCc4ccc(F)cc4Cl)c3C2)nc1. The molecule has 0 amide bonds. The smallest absolute Gasteiger partial charge is 0.134 e. The van der Waals surface area contributed by atoms with E-state index in [1.54, 1.807) is 12.4 Å². The number of nitrogens with one attached hydrogen (secondary N) is 1. The van der Waals surface area contributed by atoms with E-state index in [1.807, 2.05) is 19.2 Å². The highest BCUT2D eigenvalue weighted by Gasteiger charge is 2.22. The van der Waals surface area contributed by atoms with Crippen molar-refractivity contribution in [2.75, 3.05) is 16.8 Å². The molecule has 3 aromatic rings. The van der Waals surface area contributed by atoms with Gasteiger partial charge in [0.2, 0.25) is 0 Å². The molecule has 4 rings (SSSR count). The third-order valence-corrected chi connectivity index (χ3v) is 5.04. The van der Waals surface area contributed by atoms with Gasteiger partial charge in [-0.3, -0.25) is 0 Å². The second kappa shape index (κ2) is 7.48. The normalized spacial score (nSPS) is 13.4. The van der Waals surface area contributed by atoms with Gasteiger partial charge in [-0.05, 0) is 36.2 Å². The Morgan fingerprint density at radius 1 is 1.19 bits per heavy atom. The minimum Gasteiger partial charge on any atom is -0.366 e. The fourth-order valence-corrected chi connectivity index (χ4v) is 3.41. The zero-order valence-electron chi connectivity index (χ0n) is 14.9. The van der Waals surface area contributed by atoms with Crippen LogP contribution in [0.15, 0.2) is 42.9 Å². The summed E-state index contributed by atoms with van der Waals surface area (Å²) < 4.78 is 13.2. The first-order valence-corrected chi connectivity index (χ1v) is 9.16. The molecule has 7 heteroatoms. The lowest BCUT2D eigenvalue weighted by atomic mass is 10.1. The lowest BCUT2D eigenvalue weighted by Crippen LogP contribution is -2.32. The molecule has 0 unspecified atom stereocenters. The third-order valence-electron chi connectivity index (χ3n) is 4.68. The average Bonchev–Trinajstić information content (AvgIpc) is 2.67. The first kappa shape index (κ1) is 17.7. The maximum absolute atomic E-state index is 13.2. The molecular formula is C20H19ClFN5. The molecule has 0 spiro atoms. The van der Waals surface area contributed by atoms with Crippen molar-refractivity contribution < 1.29 is 4.39 Å². The molecule has 1 aromatic carbocycles. The van der Waals surface area contributed by atoms with Crippen LogP contribution in [-0.4, -0.2) is 21.5 Å². The van der Waals surface area contributed by atoms with Crippen molar-refractivity contribution in [2.24, 2.45) is 0 Å². The van der Waals surface area contributed by atoms with Crippen LogP contribution in [0.2, 0.25) is 5.02 Å². The number of pyridine rings is 1. The molecule has 0 bridgehead atoms. The Kier molecular flexibility index (Phi) is 4.90. The number of nitrogens with zero attached hydrogens (tertiary/aromatic N) is 4. The second-order valence-electron chi connectivity index (χ2n) is 6.60. The Labute approximate surface area is 162 Å². The van der Waals surface area contributed by atoms with Crippen LogP contribution in [0.1, 0.15) is 22.4 Å². The minimum absolute atomic E-state index is 0.343.